The topological polar surface area (TPSA) is 124 Å². The monoisotopic (exact) mass is 691 g/mol. The lowest BCUT2D eigenvalue weighted by Gasteiger charge is -2.24. The van der Waals surface area contributed by atoms with Gasteiger partial charge in [-0.05, 0) is 31.0 Å². The van der Waals surface area contributed by atoms with E-state index in [1.54, 1.807) is 6.07 Å². The molecule has 0 bridgehead atoms. The fourth-order valence-corrected chi connectivity index (χ4v) is 4.77. The van der Waals surface area contributed by atoms with E-state index in [0.717, 1.165) is 19.2 Å². The summed E-state index contributed by atoms with van der Waals surface area (Å²) in [5.74, 6) is -1.08. The molecule has 266 valence electrons. The van der Waals surface area contributed by atoms with Crippen molar-refractivity contribution >= 4 is 23.2 Å². The molecule has 0 aliphatic heterocycles. The average Bonchev–Trinajstić information content (AvgIpc) is 3.09. The number of halogens is 3. The number of amides is 1. The number of anilines is 3. The molecule has 2 heterocycles. The van der Waals surface area contributed by atoms with Crippen molar-refractivity contribution < 1.29 is 27.4 Å². The minimum atomic E-state index is -1.33. The van der Waals surface area contributed by atoms with E-state index in [2.05, 4.69) is 55.1 Å². The summed E-state index contributed by atoms with van der Waals surface area (Å²) in [5, 5.41) is 17.1. The zero-order valence-electron chi connectivity index (χ0n) is 28.7. The molecule has 2 atom stereocenters. The summed E-state index contributed by atoms with van der Waals surface area (Å²) >= 11 is 0. The first kappa shape index (κ1) is 39.4. The van der Waals surface area contributed by atoms with Crippen molar-refractivity contribution in [3.8, 4) is 6.07 Å². The van der Waals surface area contributed by atoms with Crippen LogP contribution in [0, 0.1) is 17.1 Å². The van der Waals surface area contributed by atoms with Gasteiger partial charge in [0.2, 0.25) is 0 Å². The predicted octanol–water partition coefficient (Wildman–Crippen LogP) is 6.44. The van der Waals surface area contributed by atoms with Crippen LogP contribution < -0.4 is 16.0 Å². The number of benzene rings is 2. The average molecular weight is 692 g/mol. The summed E-state index contributed by atoms with van der Waals surface area (Å²) in [6.07, 6.45) is 0.230. The van der Waals surface area contributed by atoms with Gasteiger partial charge in [-0.1, -0.05) is 60.7 Å². The Morgan fingerprint density at radius 3 is 2.04 bits per heavy atom. The van der Waals surface area contributed by atoms with E-state index in [0.29, 0.717) is 12.2 Å². The van der Waals surface area contributed by atoms with Gasteiger partial charge in [0.25, 0.3) is 5.91 Å². The Labute approximate surface area is 291 Å². The molecule has 13 heteroatoms. The summed E-state index contributed by atoms with van der Waals surface area (Å²) in [6.45, 7) is 5.42. The molecular weight excluding hydrogens is 647 g/mol. The number of alkyl halides is 2. The molecule has 2 aromatic heterocycles. The van der Waals surface area contributed by atoms with E-state index in [4.69, 9.17) is 14.7 Å². The fraction of sp³-hybridized carbons (Fsp3) is 0.351. The first-order chi connectivity index (χ1) is 24.1. The molecular formula is C37H44F3N7O3. The SMILES string of the molecule is COC[C@H](F)CN(Cc1ccccc1)Cc1ccccc1.COC[C@H](F)CNC(=O)c1cnc(Nc2ncc(C#N)cc2F)cc1NC(C)C. The highest BCUT2D eigenvalue weighted by molar-refractivity contribution is 5.99. The highest BCUT2D eigenvalue weighted by atomic mass is 19.1. The van der Waals surface area contributed by atoms with Crippen LogP contribution in [-0.2, 0) is 22.6 Å². The number of nitriles is 1. The zero-order valence-corrected chi connectivity index (χ0v) is 28.7. The molecule has 0 unspecified atom stereocenters. The molecule has 0 spiro atoms. The van der Waals surface area contributed by atoms with E-state index in [1.165, 1.54) is 43.8 Å². The van der Waals surface area contributed by atoms with Crippen molar-refractivity contribution in [3.63, 3.8) is 0 Å². The normalized spacial score (nSPS) is 12.0. The fourth-order valence-electron chi connectivity index (χ4n) is 4.77. The maximum absolute atomic E-state index is 14.1. The van der Waals surface area contributed by atoms with E-state index in [9.17, 15) is 18.0 Å². The lowest BCUT2D eigenvalue weighted by molar-refractivity contribution is 0.0882. The number of aromatic nitrogens is 2. The van der Waals surface area contributed by atoms with Crippen LogP contribution in [0.25, 0.3) is 0 Å². The Bertz CT molecular complexity index is 1600. The van der Waals surface area contributed by atoms with Crippen molar-refractivity contribution in [1.82, 2.24) is 20.2 Å². The van der Waals surface area contributed by atoms with Gasteiger partial charge >= 0.3 is 0 Å². The van der Waals surface area contributed by atoms with Gasteiger partial charge in [0.05, 0.1) is 36.6 Å². The van der Waals surface area contributed by atoms with Crippen molar-refractivity contribution in [1.29, 1.82) is 5.26 Å². The number of hydrogen-bond acceptors (Lipinski definition) is 9. The van der Waals surface area contributed by atoms with Gasteiger partial charge in [0.1, 0.15) is 24.2 Å². The number of pyridine rings is 2. The van der Waals surface area contributed by atoms with Crippen molar-refractivity contribution in [2.75, 3.05) is 51.2 Å². The number of nitrogens with zero attached hydrogens (tertiary/aromatic N) is 4. The van der Waals surface area contributed by atoms with Gasteiger partial charge < -0.3 is 25.4 Å². The molecule has 0 saturated heterocycles. The predicted molar refractivity (Wildman–Crippen MR) is 188 cm³/mol. The Hall–Kier alpha value is -5.03. The molecule has 50 heavy (non-hydrogen) atoms. The minimum Gasteiger partial charge on any atom is -0.382 e. The highest BCUT2D eigenvalue weighted by Gasteiger charge is 2.17. The summed E-state index contributed by atoms with van der Waals surface area (Å²) in [6, 6.07) is 24.7. The molecule has 10 nitrogen and oxygen atoms in total. The Kier molecular flexibility index (Phi) is 16.7. The van der Waals surface area contributed by atoms with Gasteiger partial charge in [-0.2, -0.15) is 5.26 Å². The van der Waals surface area contributed by atoms with E-state index < -0.39 is 24.1 Å². The molecule has 0 saturated carbocycles. The highest BCUT2D eigenvalue weighted by Crippen LogP contribution is 2.23. The van der Waals surface area contributed by atoms with Crippen molar-refractivity contribution in [3.05, 3.63) is 113 Å². The van der Waals surface area contributed by atoms with Crippen LogP contribution in [0.5, 0.6) is 0 Å². The van der Waals surface area contributed by atoms with Crippen molar-refractivity contribution in [2.45, 2.75) is 45.3 Å². The molecule has 0 aliphatic carbocycles. The van der Waals surface area contributed by atoms with Crippen LogP contribution >= 0.6 is 0 Å². The lowest BCUT2D eigenvalue weighted by atomic mass is 10.1. The van der Waals surface area contributed by atoms with Crippen LogP contribution in [0.2, 0.25) is 0 Å². The van der Waals surface area contributed by atoms with Crippen LogP contribution in [0.3, 0.4) is 0 Å². The number of methoxy groups -OCH3 is 2. The minimum absolute atomic E-state index is 0.0102. The number of ether oxygens (including phenoxy) is 2. The van der Waals surface area contributed by atoms with Crippen molar-refractivity contribution in [2.24, 2.45) is 0 Å². The third-order valence-electron chi connectivity index (χ3n) is 6.94. The molecule has 4 aromatic rings. The number of carbonyl (C=O) groups is 1. The molecule has 1 amide bonds. The van der Waals surface area contributed by atoms with Crippen LogP contribution in [0.1, 0.15) is 40.9 Å². The molecule has 0 radical (unpaired) electrons. The standard InChI is InChI=1S/C19H22F2N6O2.C18H22FNO/c1-11(2)26-16-5-17(27-18-15(21)4-12(6-22)7-24-18)23-9-14(16)19(28)25-8-13(20)10-29-3;1-21-15-18(19)14-20(12-16-8-4-2-5-9-16)13-17-10-6-3-7-11-17/h4-5,7,9,11,13H,8,10H2,1-3H3,(H,25,28)(H2,23,24,26,27);2-11,18H,12-15H2,1H3/t13-;18-/m11/s1. The van der Waals surface area contributed by atoms with Gasteiger partial charge in [0, 0.05) is 58.4 Å². The largest absolute Gasteiger partial charge is 0.382 e. The Morgan fingerprint density at radius 1 is 0.900 bits per heavy atom. The summed E-state index contributed by atoms with van der Waals surface area (Å²) in [5.41, 5.74) is 3.12. The van der Waals surface area contributed by atoms with Crippen LogP contribution in [0.4, 0.5) is 30.5 Å². The zero-order chi connectivity index (χ0) is 36.3. The molecule has 0 aliphatic rings. The van der Waals surface area contributed by atoms with Gasteiger partial charge in [-0.3, -0.25) is 9.69 Å². The number of hydrogen-bond donors (Lipinski definition) is 3. The second kappa shape index (κ2) is 21.1. The number of rotatable bonds is 17. The van der Waals surface area contributed by atoms with E-state index >= 15 is 0 Å². The van der Waals surface area contributed by atoms with E-state index in [1.807, 2.05) is 50.2 Å². The molecule has 3 N–H and O–H groups in total. The summed E-state index contributed by atoms with van der Waals surface area (Å²) in [4.78, 5) is 22.5. The molecule has 2 aromatic carbocycles. The van der Waals surface area contributed by atoms with Gasteiger partial charge in [0.15, 0.2) is 11.6 Å². The van der Waals surface area contributed by atoms with E-state index in [-0.39, 0.29) is 48.6 Å². The molecule has 4 rings (SSSR count). The third-order valence-corrected chi connectivity index (χ3v) is 6.94. The third kappa shape index (κ3) is 13.8. The quantitative estimate of drug-likeness (QED) is 0.115. The van der Waals surface area contributed by atoms with Crippen LogP contribution in [0.15, 0.2) is 85.2 Å². The van der Waals surface area contributed by atoms with Gasteiger partial charge in [-0.25, -0.2) is 23.1 Å². The second-order valence-corrected chi connectivity index (χ2v) is 11.7. The maximum atomic E-state index is 14.1. The first-order valence-corrected chi connectivity index (χ1v) is 16.0. The molecule has 0 fully saturated rings. The maximum Gasteiger partial charge on any atom is 0.255 e. The van der Waals surface area contributed by atoms with Gasteiger partial charge in [-0.15, -0.1) is 0 Å². The Balaban J connectivity index is 0.000000284. The smallest absolute Gasteiger partial charge is 0.255 e. The Morgan fingerprint density at radius 2 is 1.50 bits per heavy atom. The first-order valence-electron chi connectivity index (χ1n) is 16.0. The second-order valence-electron chi connectivity index (χ2n) is 11.7. The summed E-state index contributed by atoms with van der Waals surface area (Å²) < 4.78 is 51.1. The number of carbonyl (C=O) groups excluding carboxylic acids is 1. The number of nitrogens with one attached hydrogen (secondary N) is 3. The lowest BCUT2D eigenvalue weighted by Crippen LogP contribution is -2.33. The summed E-state index contributed by atoms with van der Waals surface area (Å²) in [7, 11) is 2.91. The van der Waals surface area contributed by atoms with Crippen LogP contribution in [-0.4, -0.2) is 79.7 Å².